The molecule has 2 atom stereocenters. The molecular formula is C30H36N2O2. The van der Waals surface area contributed by atoms with E-state index >= 15 is 0 Å². The third-order valence-corrected chi connectivity index (χ3v) is 6.10. The van der Waals surface area contributed by atoms with E-state index in [0.717, 1.165) is 34.2 Å². The van der Waals surface area contributed by atoms with E-state index in [2.05, 4.69) is 23.5 Å². The Bertz CT molecular complexity index is 1060. The van der Waals surface area contributed by atoms with Gasteiger partial charge in [0.2, 0.25) is 11.8 Å². The zero-order valence-electron chi connectivity index (χ0n) is 20.8. The van der Waals surface area contributed by atoms with E-state index in [1.54, 1.807) is 4.90 Å². The fourth-order valence-corrected chi connectivity index (χ4v) is 4.22. The van der Waals surface area contributed by atoms with Gasteiger partial charge in [0.05, 0.1) is 6.42 Å². The lowest BCUT2D eigenvalue weighted by Crippen LogP contribution is -2.52. The Hall–Kier alpha value is -3.40. The van der Waals surface area contributed by atoms with Crippen molar-refractivity contribution < 1.29 is 9.59 Å². The lowest BCUT2D eigenvalue weighted by Gasteiger charge is -2.32. The highest BCUT2D eigenvalue weighted by Crippen LogP contribution is 2.18. The van der Waals surface area contributed by atoms with E-state index in [-0.39, 0.29) is 24.3 Å². The van der Waals surface area contributed by atoms with Crippen LogP contribution in [0.2, 0.25) is 0 Å². The monoisotopic (exact) mass is 456 g/mol. The van der Waals surface area contributed by atoms with Crippen LogP contribution >= 0.6 is 0 Å². The number of benzene rings is 3. The van der Waals surface area contributed by atoms with Gasteiger partial charge in [-0.1, -0.05) is 96.9 Å². The average molecular weight is 457 g/mol. The molecule has 3 rings (SSSR count). The quantitative estimate of drug-likeness (QED) is 0.444. The smallest absolute Gasteiger partial charge is 0.243 e. The van der Waals surface area contributed by atoms with Crippen LogP contribution in [0.25, 0.3) is 0 Å². The molecule has 4 heteroatoms. The summed E-state index contributed by atoms with van der Waals surface area (Å²) in [6.45, 7) is 8.51. The summed E-state index contributed by atoms with van der Waals surface area (Å²) in [5.74, 6) is -0.156. The Kier molecular flexibility index (Phi) is 9.03. The summed E-state index contributed by atoms with van der Waals surface area (Å²) < 4.78 is 0. The number of nitrogens with zero attached hydrogens (tertiary/aromatic N) is 1. The predicted octanol–water partition coefficient (Wildman–Crippen LogP) is 5.40. The van der Waals surface area contributed by atoms with Crippen LogP contribution in [0.4, 0.5) is 0 Å². The fraction of sp³-hybridized carbons (Fsp3) is 0.333. The van der Waals surface area contributed by atoms with Crippen LogP contribution in [0, 0.1) is 13.8 Å². The van der Waals surface area contributed by atoms with Crippen molar-refractivity contribution >= 4 is 11.8 Å². The van der Waals surface area contributed by atoms with Gasteiger partial charge in [0, 0.05) is 19.0 Å². The number of rotatable bonds is 10. The van der Waals surface area contributed by atoms with Crippen molar-refractivity contribution in [2.45, 2.75) is 65.6 Å². The van der Waals surface area contributed by atoms with Crippen LogP contribution in [0.5, 0.6) is 0 Å². The molecule has 3 aromatic rings. The lowest BCUT2D eigenvalue weighted by molar-refractivity contribution is -0.141. The van der Waals surface area contributed by atoms with Crippen LogP contribution in [0.15, 0.2) is 78.9 Å². The summed E-state index contributed by atoms with van der Waals surface area (Å²) in [7, 11) is 0. The van der Waals surface area contributed by atoms with Gasteiger partial charge in [-0.25, -0.2) is 0 Å². The Morgan fingerprint density at radius 1 is 0.824 bits per heavy atom. The highest BCUT2D eigenvalue weighted by molar-refractivity contribution is 5.89. The van der Waals surface area contributed by atoms with Crippen LogP contribution in [-0.4, -0.2) is 28.8 Å². The number of carbonyl (C=O) groups excluding carboxylic acids is 2. The van der Waals surface area contributed by atoms with Gasteiger partial charge in [0.25, 0.3) is 0 Å². The van der Waals surface area contributed by atoms with Crippen molar-refractivity contribution in [3.05, 3.63) is 107 Å². The third kappa shape index (κ3) is 7.31. The Morgan fingerprint density at radius 3 is 1.94 bits per heavy atom. The van der Waals surface area contributed by atoms with E-state index in [1.165, 1.54) is 0 Å². The molecule has 0 aliphatic rings. The first-order valence-corrected chi connectivity index (χ1v) is 12.1. The molecule has 3 aromatic carbocycles. The standard InChI is InChI=1S/C30H36N2O2/c1-5-24(4)31-30(34)28(19-25-12-8-6-9-13-25)32(21-26-14-10-7-11-15-26)29(33)20-27-17-22(2)16-23(3)18-27/h6-18,24,28H,5,19-21H2,1-4H3,(H,31,34)/t24-,28-/m0/s1. The molecule has 1 N–H and O–H groups in total. The highest BCUT2D eigenvalue weighted by atomic mass is 16.2. The number of aryl methyl sites for hydroxylation is 2. The van der Waals surface area contributed by atoms with Crippen LogP contribution < -0.4 is 5.32 Å². The molecule has 0 bridgehead atoms. The van der Waals surface area contributed by atoms with Gasteiger partial charge in [-0.05, 0) is 43.9 Å². The SMILES string of the molecule is CC[C@H](C)NC(=O)[C@H](Cc1ccccc1)N(Cc1ccccc1)C(=O)Cc1cc(C)cc(C)c1. The largest absolute Gasteiger partial charge is 0.352 e. The number of carbonyl (C=O) groups is 2. The van der Waals surface area contributed by atoms with Gasteiger partial charge in [-0.15, -0.1) is 0 Å². The van der Waals surface area contributed by atoms with Crippen molar-refractivity contribution in [2.75, 3.05) is 0 Å². The zero-order valence-corrected chi connectivity index (χ0v) is 20.8. The van der Waals surface area contributed by atoms with Crippen LogP contribution in [0.1, 0.15) is 48.1 Å². The normalized spacial score (nSPS) is 12.6. The van der Waals surface area contributed by atoms with Crippen molar-refractivity contribution in [3.63, 3.8) is 0 Å². The first kappa shape index (κ1) is 25.2. The Labute approximate surface area is 204 Å². The lowest BCUT2D eigenvalue weighted by atomic mass is 10.00. The molecule has 4 nitrogen and oxygen atoms in total. The molecule has 0 heterocycles. The predicted molar refractivity (Wildman–Crippen MR) is 138 cm³/mol. The highest BCUT2D eigenvalue weighted by Gasteiger charge is 2.31. The van der Waals surface area contributed by atoms with Gasteiger partial charge in [-0.2, -0.15) is 0 Å². The minimum absolute atomic E-state index is 0.0406. The topological polar surface area (TPSA) is 49.4 Å². The van der Waals surface area contributed by atoms with Gasteiger partial charge >= 0.3 is 0 Å². The maximum absolute atomic E-state index is 13.8. The molecular weight excluding hydrogens is 420 g/mol. The molecule has 0 radical (unpaired) electrons. The van der Waals surface area contributed by atoms with Crippen molar-refractivity contribution in [2.24, 2.45) is 0 Å². The fourth-order valence-electron chi connectivity index (χ4n) is 4.22. The number of hydrogen-bond donors (Lipinski definition) is 1. The average Bonchev–Trinajstić information content (AvgIpc) is 2.81. The molecule has 0 saturated carbocycles. The number of nitrogens with one attached hydrogen (secondary N) is 1. The molecule has 0 fully saturated rings. The first-order chi connectivity index (χ1) is 16.4. The minimum Gasteiger partial charge on any atom is -0.352 e. The van der Waals surface area contributed by atoms with E-state index < -0.39 is 6.04 Å². The second-order valence-electron chi connectivity index (χ2n) is 9.20. The van der Waals surface area contributed by atoms with Crippen molar-refractivity contribution in [1.82, 2.24) is 10.2 Å². The van der Waals surface area contributed by atoms with Gasteiger partial charge in [0.15, 0.2) is 0 Å². The third-order valence-electron chi connectivity index (χ3n) is 6.10. The van der Waals surface area contributed by atoms with E-state index in [0.29, 0.717) is 13.0 Å². The molecule has 0 aliphatic carbocycles. The van der Waals surface area contributed by atoms with Crippen LogP contribution in [-0.2, 0) is 29.0 Å². The molecule has 34 heavy (non-hydrogen) atoms. The zero-order chi connectivity index (χ0) is 24.5. The summed E-state index contributed by atoms with van der Waals surface area (Å²) in [4.78, 5) is 29.0. The van der Waals surface area contributed by atoms with Crippen molar-refractivity contribution in [3.8, 4) is 0 Å². The summed E-state index contributed by atoms with van der Waals surface area (Å²) >= 11 is 0. The molecule has 2 amide bonds. The maximum Gasteiger partial charge on any atom is 0.243 e. The van der Waals surface area contributed by atoms with E-state index in [1.807, 2.05) is 88.4 Å². The second kappa shape index (κ2) is 12.2. The van der Waals surface area contributed by atoms with Gasteiger partial charge in [0.1, 0.15) is 6.04 Å². The summed E-state index contributed by atoms with van der Waals surface area (Å²) in [5, 5.41) is 3.12. The van der Waals surface area contributed by atoms with E-state index in [4.69, 9.17) is 0 Å². The number of hydrogen-bond acceptors (Lipinski definition) is 2. The van der Waals surface area contributed by atoms with Gasteiger partial charge in [-0.3, -0.25) is 9.59 Å². The second-order valence-corrected chi connectivity index (χ2v) is 9.20. The molecule has 0 spiro atoms. The summed E-state index contributed by atoms with van der Waals surface area (Å²) in [6.07, 6.45) is 1.56. The minimum atomic E-state index is -0.602. The Balaban J connectivity index is 1.97. The molecule has 178 valence electrons. The molecule has 0 unspecified atom stereocenters. The summed E-state index contributed by atoms with van der Waals surface area (Å²) in [6, 6.07) is 25.5. The molecule has 0 aliphatic heterocycles. The number of amides is 2. The first-order valence-electron chi connectivity index (χ1n) is 12.1. The van der Waals surface area contributed by atoms with Gasteiger partial charge < -0.3 is 10.2 Å². The molecule has 0 aromatic heterocycles. The van der Waals surface area contributed by atoms with Crippen molar-refractivity contribution in [1.29, 1.82) is 0 Å². The Morgan fingerprint density at radius 2 is 1.38 bits per heavy atom. The van der Waals surface area contributed by atoms with E-state index in [9.17, 15) is 9.59 Å². The summed E-state index contributed by atoms with van der Waals surface area (Å²) in [5.41, 5.74) is 5.27. The van der Waals surface area contributed by atoms with Crippen LogP contribution in [0.3, 0.4) is 0 Å². The molecule has 0 saturated heterocycles. The maximum atomic E-state index is 13.8.